The first-order valence-electron chi connectivity index (χ1n) is 16.0. The zero-order chi connectivity index (χ0) is 31.6. The lowest BCUT2D eigenvalue weighted by Crippen LogP contribution is -2.01. The molecule has 0 fully saturated rings. The molecule has 0 aliphatic rings. The largest absolute Gasteiger partial charge is 0.309 e. The van der Waals surface area contributed by atoms with Gasteiger partial charge in [0.05, 0.1) is 16.7 Å². The number of hydrogen-bond acceptors (Lipinski definition) is 4. The normalized spacial score (nSPS) is 11.8. The maximum atomic E-state index is 5.18. The third-order valence-electron chi connectivity index (χ3n) is 9.27. The van der Waals surface area contributed by atoms with Gasteiger partial charge in [-0.25, -0.2) is 15.0 Å². The highest BCUT2D eigenvalue weighted by molar-refractivity contribution is 7.25. The predicted molar refractivity (Wildman–Crippen MR) is 201 cm³/mol. The van der Waals surface area contributed by atoms with E-state index in [1.165, 1.54) is 42.0 Å². The van der Waals surface area contributed by atoms with Crippen molar-refractivity contribution in [3.63, 3.8) is 0 Å². The Bertz CT molecular complexity index is 2800. The molecule has 0 saturated carbocycles. The van der Waals surface area contributed by atoms with Crippen molar-refractivity contribution in [2.24, 2.45) is 0 Å². The molecular weight excluding hydrogens is 605 g/mol. The fraction of sp³-hybridized carbons (Fsp3) is 0. The summed E-state index contributed by atoms with van der Waals surface area (Å²) in [5.41, 5.74) is 6.39. The summed E-state index contributed by atoms with van der Waals surface area (Å²) >= 11 is 1.80. The fourth-order valence-electron chi connectivity index (χ4n) is 7.07. The number of fused-ring (bicyclic) bond motifs is 7. The van der Waals surface area contributed by atoms with Gasteiger partial charge in [0.15, 0.2) is 17.5 Å². The number of nitrogens with zero attached hydrogens (tertiary/aromatic N) is 4. The van der Waals surface area contributed by atoms with E-state index in [4.69, 9.17) is 15.0 Å². The Morgan fingerprint density at radius 2 is 0.958 bits per heavy atom. The van der Waals surface area contributed by atoms with Crippen molar-refractivity contribution in [3.05, 3.63) is 158 Å². The quantitative estimate of drug-likeness (QED) is 0.194. The minimum atomic E-state index is 0.653. The summed E-state index contributed by atoms with van der Waals surface area (Å²) in [4.78, 5) is 15.3. The Labute approximate surface area is 280 Å². The van der Waals surface area contributed by atoms with Crippen molar-refractivity contribution >= 4 is 64.1 Å². The lowest BCUT2D eigenvalue weighted by molar-refractivity contribution is 1.08. The molecule has 0 saturated heterocycles. The lowest BCUT2D eigenvalue weighted by Gasteiger charge is -2.14. The number of para-hydroxylation sites is 2. The molecule has 0 atom stereocenters. The topological polar surface area (TPSA) is 43.6 Å². The van der Waals surface area contributed by atoms with Gasteiger partial charge in [0.25, 0.3) is 0 Å². The zero-order valence-electron chi connectivity index (χ0n) is 25.7. The molecular formula is C43H26N4S. The molecule has 0 amide bonds. The molecule has 5 heteroatoms. The summed E-state index contributed by atoms with van der Waals surface area (Å²) < 4.78 is 4.88. The van der Waals surface area contributed by atoms with E-state index in [2.05, 4.69) is 144 Å². The highest BCUT2D eigenvalue weighted by Crippen LogP contribution is 2.39. The summed E-state index contributed by atoms with van der Waals surface area (Å²) in [6, 6.07) is 55.6. The predicted octanol–water partition coefficient (Wildman–Crippen LogP) is 11.5. The second kappa shape index (κ2) is 10.7. The van der Waals surface area contributed by atoms with Gasteiger partial charge in [0.2, 0.25) is 0 Å². The maximum Gasteiger partial charge on any atom is 0.164 e. The molecule has 7 aromatic carbocycles. The maximum absolute atomic E-state index is 5.18. The fourth-order valence-corrected chi connectivity index (χ4v) is 8.22. The van der Waals surface area contributed by atoms with Crippen LogP contribution < -0.4 is 0 Å². The SMILES string of the molecule is c1ccc(-c2nc(-c3ccc4c(c3)sc3ccccc34)nc(-c3cccc4c(-n5c6ccccc6c6ccccc65)cccc34)n2)cc1. The van der Waals surface area contributed by atoms with Gasteiger partial charge in [0, 0.05) is 53.0 Å². The van der Waals surface area contributed by atoms with E-state index in [-0.39, 0.29) is 0 Å². The third kappa shape index (κ3) is 4.18. The summed E-state index contributed by atoms with van der Waals surface area (Å²) in [5, 5.41) is 7.24. The standard InChI is InChI=1S/C43H26N4S/c1-2-12-27(13-3-1)41-44-42(28-24-25-34-33-16-6-9-23-39(33)48-40(34)26-28)46-43(45-41)35-19-10-18-30-29(35)17-11-22-38(30)47-36-20-7-4-14-31(36)32-15-5-8-21-37(32)47/h1-26H. The molecule has 0 aliphatic carbocycles. The van der Waals surface area contributed by atoms with Gasteiger partial charge in [-0.3, -0.25) is 0 Å². The Kier molecular flexibility index (Phi) is 6.01. The molecule has 0 N–H and O–H groups in total. The van der Waals surface area contributed by atoms with Crippen LogP contribution in [-0.4, -0.2) is 19.5 Å². The number of aromatic nitrogens is 4. The summed E-state index contributed by atoms with van der Waals surface area (Å²) in [5.74, 6) is 1.97. The van der Waals surface area contributed by atoms with Crippen LogP contribution in [-0.2, 0) is 0 Å². The zero-order valence-corrected chi connectivity index (χ0v) is 26.5. The van der Waals surface area contributed by atoms with Crippen LogP contribution in [0.3, 0.4) is 0 Å². The van der Waals surface area contributed by atoms with Gasteiger partial charge in [-0.2, -0.15) is 0 Å². The number of thiophene rings is 1. The molecule has 0 spiro atoms. The molecule has 10 aromatic rings. The highest BCUT2D eigenvalue weighted by atomic mass is 32.1. The average molecular weight is 631 g/mol. The van der Waals surface area contributed by atoms with E-state index in [1.54, 1.807) is 11.3 Å². The van der Waals surface area contributed by atoms with Crippen LogP contribution >= 0.6 is 11.3 Å². The minimum absolute atomic E-state index is 0.653. The van der Waals surface area contributed by atoms with Crippen molar-refractivity contribution in [1.29, 1.82) is 0 Å². The summed E-state index contributed by atoms with van der Waals surface area (Å²) in [6.45, 7) is 0. The molecule has 0 bridgehead atoms. The van der Waals surface area contributed by atoms with E-state index in [0.717, 1.165) is 33.2 Å². The molecule has 0 radical (unpaired) electrons. The van der Waals surface area contributed by atoms with Crippen LogP contribution in [0.1, 0.15) is 0 Å². The number of benzene rings is 7. The number of hydrogen-bond donors (Lipinski definition) is 0. The van der Waals surface area contributed by atoms with Crippen LogP contribution in [0.15, 0.2) is 158 Å². The molecule has 0 aliphatic heterocycles. The first-order chi connectivity index (χ1) is 23.8. The highest BCUT2D eigenvalue weighted by Gasteiger charge is 2.18. The van der Waals surface area contributed by atoms with Gasteiger partial charge in [-0.15, -0.1) is 11.3 Å². The smallest absolute Gasteiger partial charge is 0.164 e. The molecule has 4 nitrogen and oxygen atoms in total. The summed E-state index contributed by atoms with van der Waals surface area (Å²) in [6.07, 6.45) is 0. The average Bonchev–Trinajstić information content (AvgIpc) is 3.70. The van der Waals surface area contributed by atoms with Crippen molar-refractivity contribution in [1.82, 2.24) is 19.5 Å². The Morgan fingerprint density at radius 3 is 1.75 bits per heavy atom. The second-order valence-electron chi connectivity index (χ2n) is 12.0. The molecule has 10 rings (SSSR count). The minimum Gasteiger partial charge on any atom is -0.309 e. The van der Waals surface area contributed by atoms with Crippen molar-refractivity contribution in [3.8, 4) is 39.9 Å². The van der Waals surface area contributed by atoms with Gasteiger partial charge >= 0.3 is 0 Å². The molecule has 48 heavy (non-hydrogen) atoms. The van der Waals surface area contributed by atoms with Gasteiger partial charge in [0.1, 0.15) is 0 Å². The van der Waals surface area contributed by atoms with Crippen LogP contribution in [0.25, 0.3) is 92.6 Å². The molecule has 224 valence electrons. The summed E-state index contributed by atoms with van der Waals surface area (Å²) in [7, 11) is 0. The van der Waals surface area contributed by atoms with E-state index in [1.807, 2.05) is 18.2 Å². The Balaban J connectivity index is 1.20. The van der Waals surface area contributed by atoms with E-state index < -0.39 is 0 Å². The first kappa shape index (κ1) is 27.0. The van der Waals surface area contributed by atoms with Gasteiger partial charge in [-0.1, -0.05) is 127 Å². The Hall–Kier alpha value is -6.17. The van der Waals surface area contributed by atoms with Crippen LogP contribution in [0, 0.1) is 0 Å². The van der Waals surface area contributed by atoms with Crippen LogP contribution in [0.2, 0.25) is 0 Å². The second-order valence-corrected chi connectivity index (χ2v) is 13.1. The van der Waals surface area contributed by atoms with Crippen LogP contribution in [0.5, 0.6) is 0 Å². The van der Waals surface area contributed by atoms with E-state index in [0.29, 0.717) is 17.5 Å². The van der Waals surface area contributed by atoms with Crippen LogP contribution in [0.4, 0.5) is 0 Å². The Morgan fingerprint density at radius 1 is 0.375 bits per heavy atom. The third-order valence-corrected chi connectivity index (χ3v) is 10.4. The lowest BCUT2D eigenvalue weighted by atomic mass is 10.0. The van der Waals surface area contributed by atoms with Crippen molar-refractivity contribution in [2.45, 2.75) is 0 Å². The molecule has 3 aromatic heterocycles. The first-order valence-corrected chi connectivity index (χ1v) is 16.9. The van der Waals surface area contributed by atoms with Crippen molar-refractivity contribution < 1.29 is 0 Å². The van der Waals surface area contributed by atoms with E-state index in [9.17, 15) is 0 Å². The number of rotatable bonds is 4. The monoisotopic (exact) mass is 630 g/mol. The van der Waals surface area contributed by atoms with Gasteiger partial charge < -0.3 is 4.57 Å². The molecule has 3 heterocycles. The molecule has 0 unspecified atom stereocenters. The van der Waals surface area contributed by atoms with Crippen molar-refractivity contribution in [2.75, 3.05) is 0 Å². The van der Waals surface area contributed by atoms with Gasteiger partial charge in [-0.05, 0) is 35.7 Å². The van der Waals surface area contributed by atoms with E-state index >= 15 is 0 Å².